The first-order valence-electron chi connectivity index (χ1n) is 9.16. The van der Waals surface area contributed by atoms with Gasteiger partial charge in [-0.15, -0.1) is 11.8 Å². The number of alkyl halides is 3. The van der Waals surface area contributed by atoms with Crippen molar-refractivity contribution in [2.45, 2.75) is 17.2 Å². The summed E-state index contributed by atoms with van der Waals surface area (Å²) in [6.07, 6.45) is -5.67. The molecule has 0 aliphatic rings. The average Bonchev–Trinajstić information content (AvgIpc) is 2.73. The summed E-state index contributed by atoms with van der Waals surface area (Å²) in [5.41, 5.74) is -3.43. The van der Waals surface area contributed by atoms with Crippen molar-refractivity contribution in [1.29, 1.82) is 0 Å². The van der Waals surface area contributed by atoms with Crippen molar-refractivity contribution in [3.05, 3.63) is 62.6 Å². The minimum absolute atomic E-state index is 0.0285. The van der Waals surface area contributed by atoms with Crippen LogP contribution < -0.4 is 11.2 Å². The van der Waals surface area contributed by atoms with Crippen LogP contribution >= 0.6 is 11.8 Å². The summed E-state index contributed by atoms with van der Waals surface area (Å²) in [5.74, 6) is -0.672. The van der Waals surface area contributed by atoms with Gasteiger partial charge in [0.2, 0.25) is 0 Å². The molecule has 3 N–H and O–H groups in total. The fourth-order valence-corrected chi connectivity index (χ4v) is 4.27. The first-order chi connectivity index (χ1) is 15.2. The van der Waals surface area contributed by atoms with Gasteiger partial charge in [0.05, 0.1) is 29.2 Å². The molecule has 0 bridgehead atoms. The van der Waals surface area contributed by atoms with Crippen molar-refractivity contribution in [3.8, 4) is 11.1 Å². The molecule has 172 valence electrons. The van der Waals surface area contributed by atoms with E-state index in [1.165, 1.54) is 19.2 Å². The number of ether oxygens (including phenoxy) is 2. The van der Waals surface area contributed by atoms with Gasteiger partial charge in [0.1, 0.15) is 12.6 Å². The Kier molecular flexibility index (Phi) is 7.39. The van der Waals surface area contributed by atoms with E-state index in [1.807, 2.05) is 4.98 Å². The first kappa shape index (κ1) is 24.0. The second kappa shape index (κ2) is 9.86. The summed E-state index contributed by atoms with van der Waals surface area (Å²) in [6, 6.07) is 5.01. The van der Waals surface area contributed by atoms with Crippen molar-refractivity contribution in [1.82, 2.24) is 9.97 Å². The number of thioether (sulfide) groups is 1. The monoisotopic (exact) mass is 474 g/mol. The van der Waals surface area contributed by atoms with Crippen molar-refractivity contribution < 1.29 is 32.1 Å². The smallest absolute Gasteiger partial charge is 0.394 e. The van der Waals surface area contributed by atoms with Gasteiger partial charge < -0.3 is 19.6 Å². The number of benzene rings is 2. The van der Waals surface area contributed by atoms with E-state index in [4.69, 9.17) is 9.47 Å². The number of hydrogen-bond donors (Lipinski definition) is 3. The van der Waals surface area contributed by atoms with Gasteiger partial charge in [-0.2, -0.15) is 13.2 Å². The Morgan fingerprint density at radius 1 is 1.16 bits per heavy atom. The molecule has 0 saturated carbocycles. The van der Waals surface area contributed by atoms with Gasteiger partial charge in [-0.3, -0.25) is 9.78 Å². The third-order valence-electron chi connectivity index (χ3n) is 4.47. The Bertz CT molecular complexity index is 1210. The van der Waals surface area contributed by atoms with Gasteiger partial charge in [0, 0.05) is 23.3 Å². The molecule has 0 radical (unpaired) electrons. The fourth-order valence-electron chi connectivity index (χ4n) is 3.04. The van der Waals surface area contributed by atoms with E-state index in [0.29, 0.717) is 6.07 Å². The maximum absolute atomic E-state index is 14.0. The molecule has 1 heterocycles. The summed E-state index contributed by atoms with van der Waals surface area (Å²) < 4.78 is 65.5. The maximum atomic E-state index is 14.0. The van der Waals surface area contributed by atoms with Crippen LogP contribution in [0.5, 0.6) is 0 Å². The number of methoxy groups -OCH3 is 1. The Labute approximate surface area is 182 Å². The highest BCUT2D eigenvalue weighted by atomic mass is 32.2. The molecular formula is C20H18F4N2O5S. The normalized spacial score (nSPS) is 12.9. The molecule has 1 aromatic heterocycles. The molecule has 0 amide bonds. The summed E-state index contributed by atoms with van der Waals surface area (Å²) in [6.45, 7) is -0.604. The van der Waals surface area contributed by atoms with Crippen LogP contribution in [0.3, 0.4) is 0 Å². The lowest BCUT2D eigenvalue weighted by atomic mass is 9.97. The number of aromatic amines is 2. The van der Waals surface area contributed by atoms with E-state index < -0.39 is 41.5 Å². The molecule has 0 fully saturated rings. The average molecular weight is 474 g/mol. The van der Waals surface area contributed by atoms with E-state index in [0.717, 1.165) is 23.9 Å². The zero-order valence-electron chi connectivity index (χ0n) is 16.6. The highest BCUT2D eigenvalue weighted by Gasteiger charge is 2.36. The van der Waals surface area contributed by atoms with Crippen LogP contribution in [-0.4, -0.2) is 47.4 Å². The van der Waals surface area contributed by atoms with E-state index in [9.17, 15) is 32.3 Å². The predicted octanol–water partition coefficient (Wildman–Crippen LogP) is 3.11. The van der Waals surface area contributed by atoms with Gasteiger partial charge in [-0.05, 0) is 23.8 Å². The number of aliphatic hydroxyl groups is 1. The molecule has 0 aliphatic heterocycles. The number of hydrogen-bond acceptors (Lipinski definition) is 6. The molecular weight excluding hydrogens is 456 g/mol. The highest BCUT2D eigenvalue weighted by molar-refractivity contribution is 7.99. The third-order valence-corrected chi connectivity index (χ3v) is 5.70. The minimum Gasteiger partial charge on any atom is -0.394 e. The van der Waals surface area contributed by atoms with Crippen LogP contribution in [0.2, 0.25) is 0 Å². The van der Waals surface area contributed by atoms with Crippen LogP contribution in [0, 0.1) is 5.82 Å². The summed E-state index contributed by atoms with van der Waals surface area (Å²) in [7, 11) is 1.37. The lowest BCUT2D eigenvalue weighted by molar-refractivity contribution is -0.137. The van der Waals surface area contributed by atoms with Gasteiger partial charge in [-0.1, -0.05) is 12.1 Å². The standard InChI is InChI=1S/C20H18F4N2O5S/c1-30-9-31-12(7-27)8-32-17-15(10-2-4-11(21)5-3-10)14(20(22,23)24)6-13-16(17)25-19(29)26-18(13)28/h2-6,12,27H,7-9H2,1H3,(H2,25,26,28,29)/t12-/m1/s1. The molecule has 7 nitrogen and oxygen atoms in total. The van der Waals surface area contributed by atoms with Crippen LogP contribution in [0.1, 0.15) is 5.56 Å². The molecule has 3 aromatic rings. The van der Waals surface area contributed by atoms with Crippen molar-refractivity contribution in [2.24, 2.45) is 0 Å². The van der Waals surface area contributed by atoms with Crippen LogP contribution in [0.15, 0.2) is 44.8 Å². The topological polar surface area (TPSA) is 104 Å². The summed E-state index contributed by atoms with van der Waals surface area (Å²) in [4.78, 5) is 28.4. The number of halogens is 4. The zero-order valence-corrected chi connectivity index (χ0v) is 17.4. The number of aliphatic hydroxyl groups excluding tert-OH is 1. The molecule has 0 saturated heterocycles. The van der Waals surface area contributed by atoms with E-state index in [1.54, 1.807) is 0 Å². The van der Waals surface area contributed by atoms with Crippen molar-refractivity contribution in [2.75, 3.05) is 26.3 Å². The highest BCUT2D eigenvalue weighted by Crippen LogP contribution is 2.45. The Hall–Kier alpha value is -2.67. The molecule has 0 aliphatic carbocycles. The largest absolute Gasteiger partial charge is 0.417 e. The predicted molar refractivity (Wildman–Crippen MR) is 110 cm³/mol. The van der Waals surface area contributed by atoms with E-state index in [-0.39, 0.29) is 39.5 Å². The summed E-state index contributed by atoms with van der Waals surface area (Å²) >= 11 is 0.849. The zero-order chi connectivity index (χ0) is 23.5. The lowest BCUT2D eigenvalue weighted by Crippen LogP contribution is -2.24. The first-order valence-corrected chi connectivity index (χ1v) is 10.1. The molecule has 0 spiro atoms. The fraction of sp³-hybridized carbons (Fsp3) is 0.300. The quantitative estimate of drug-likeness (QED) is 0.263. The van der Waals surface area contributed by atoms with E-state index >= 15 is 0 Å². The van der Waals surface area contributed by atoms with Crippen molar-refractivity contribution in [3.63, 3.8) is 0 Å². The molecule has 2 aromatic carbocycles. The number of H-pyrrole nitrogens is 2. The van der Waals surface area contributed by atoms with Crippen LogP contribution in [-0.2, 0) is 15.7 Å². The van der Waals surface area contributed by atoms with Gasteiger partial charge in [0.25, 0.3) is 5.56 Å². The Morgan fingerprint density at radius 2 is 1.84 bits per heavy atom. The van der Waals surface area contributed by atoms with Crippen LogP contribution in [0.25, 0.3) is 22.0 Å². The van der Waals surface area contributed by atoms with Gasteiger partial charge in [-0.25, -0.2) is 9.18 Å². The maximum Gasteiger partial charge on any atom is 0.417 e. The molecule has 32 heavy (non-hydrogen) atoms. The van der Waals surface area contributed by atoms with Crippen LogP contribution in [0.4, 0.5) is 17.6 Å². The number of aromatic nitrogens is 2. The molecule has 0 unspecified atom stereocenters. The number of nitrogens with one attached hydrogen (secondary N) is 2. The van der Waals surface area contributed by atoms with Gasteiger partial charge in [0.15, 0.2) is 0 Å². The lowest BCUT2D eigenvalue weighted by Gasteiger charge is -2.21. The SMILES string of the molecule is COCO[C@H](CO)CSc1c(-c2ccc(F)cc2)c(C(F)(F)F)cc2c(=O)[nH]c(=O)[nH]c12. The van der Waals surface area contributed by atoms with Gasteiger partial charge >= 0.3 is 11.9 Å². The Morgan fingerprint density at radius 3 is 2.44 bits per heavy atom. The number of fused-ring (bicyclic) bond motifs is 1. The molecule has 12 heteroatoms. The second-order valence-electron chi connectivity index (χ2n) is 6.65. The van der Waals surface area contributed by atoms with E-state index in [2.05, 4.69) is 4.98 Å². The second-order valence-corrected chi connectivity index (χ2v) is 7.68. The minimum atomic E-state index is -4.86. The number of rotatable bonds is 8. The third kappa shape index (κ3) is 5.21. The summed E-state index contributed by atoms with van der Waals surface area (Å²) in [5, 5.41) is 9.13. The molecule has 1 atom stereocenters. The van der Waals surface area contributed by atoms with Crippen molar-refractivity contribution >= 4 is 22.7 Å². The molecule has 3 rings (SSSR count). The Balaban J connectivity index is 2.30.